The summed E-state index contributed by atoms with van der Waals surface area (Å²) in [6, 6.07) is 2.85. The van der Waals surface area contributed by atoms with Crippen molar-refractivity contribution in [3.05, 3.63) is 42.2 Å². The van der Waals surface area contributed by atoms with Crippen LogP contribution in [0.5, 0.6) is 0 Å². The molecule has 6 heteroatoms. The molecule has 2 aliphatic rings. The molecule has 2 heterocycles. The molecule has 0 spiro atoms. The van der Waals surface area contributed by atoms with Gasteiger partial charge in [0.15, 0.2) is 0 Å². The second-order valence-electron chi connectivity index (χ2n) is 5.96. The van der Waals surface area contributed by atoms with Crippen molar-refractivity contribution in [2.75, 3.05) is 0 Å². The van der Waals surface area contributed by atoms with Crippen molar-refractivity contribution in [2.24, 2.45) is 11.8 Å². The Morgan fingerprint density at radius 3 is 2.52 bits per heavy atom. The highest BCUT2D eigenvalue weighted by Crippen LogP contribution is 2.36. The van der Waals surface area contributed by atoms with Gasteiger partial charge in [-0.3, -0.25) is 24.3 Å². The smallest absolute Gasteiger partial charge is 0.243 e. The highest BCUT2D eigenvalue weighted by molar-refractivity contribution is 6.08. The molecule has 1 saturated heterocycles. The lowest BCUT2D eigenvalue weighted by molar-refractivity contribution is -0.147. The third kappa shape index (κ3) is 2.88. The third-order valence-electron chi connectivity index (χ3n) is 4.50. The zero-order valence-electron chi connectivity index (χ0n) is 12.9. The van der Waals surface area contributed by atoms with Crippen molar-refractivity contribution in [2.45, 2.75) is 32.4 Å². The lowest BCUT2D eigenvalue weighted by Gasteiger charge is -2.22. The Morgan fingerprint density at radius 1 is 1.30 bits per heavy atom. The predicted molar refractivity (Wildman–Crippen MR) is 82.8 cm³/mol. The summed E-state index contributed by atoms with van der Waals surface area (Å²) in [4.78, 5) is 42.3. The first kappa shape index (κ1) is 15.4. The summed E-state index contributed by atoms with van der Waals surface area (Å²) in [6.45, 7) is 1.92. The van der Waals surface area contributed by atoms with Gasteiger partial charge in [0, 0.05) is 18.9 Å². The number of fused-ring (bicyclic) bond motifs is 1. The van der Waals surface area contributed by atoms with Crippen molar-refractivity contribution in [1.29, 1.82) is 0 Å². The van der Waals surface area contributed by atoms with E-state index in [0.717, 1.165) is 10.5 Å². The average Bonchev–Trinajstić information content (AvgIpc) is 2.84. The number of nitrogens with one attached hydrogen (secondary N) is 1. The molecule has 120 valence electrons. The van der Waals surface area contributed by atoms with Crippen molar-refractivity contribution in [1.82, 2.24) is 15.2 Å². The highest BCUT2D eigenvalue weighted by Gasteiger charge is 2.49. The van der Waals surface area contributed by atoms with Gasteiger partial charge in [-0.15, -0.1) is 0 Å². The number of likely N-dealkylation sites (tertiary alicyclic amines) is 1. The molecule has 6 nitrogen and oxygen atoms in total. The number of aromatic nitrogens is 1. The number of pyridine rings is 1. The maximum absolute atomic E-state index is 12.5. The van der Waals surface area contributed by atoms with E-state index >= 15 is 0 Å². The minimum Gasteiger partial charge on any atom is -0.350 e. The highest BCUT2D eigenvalue weighted by atomic mass is 16.2. The van der Waals surface area contributed by atoms with E-state index in [0.29, 0.717) is 19.4 Å². The molecule has 0 radical (unpaired) electrons. The summed E-state index contributed by atoms with van der Waals surface area (Å²) in [7, 11) is 0. The quantitative estimate of drug-likeness (QED) is 0.665. The molecule has 1 aliphatic heterocycles. The van der Waals surface area contributed by atoms with Gasteiger partial charge in [-0.1, -0.05) is 18.2 Å². The number of hydrogen-bond acceptors (Lipinski definition) is 4. The van der Waals surface area contributed by atoms with Crippen LogP contribution in [0.25, 0.3) is 0 Å². The Hall–Kier alpha value is -2.50. The van der Waals surface area contributed by atoms with Crippen LogP contribution in [0.3, 0.4) is 0 Å². The first-order valence-electron chi connectivity index (χ1n) is 7.78. The summed E-state index contributed by atoms with van der Waals surface area (Å²) >= 11 is 0. The van der Waals surface area contributed by atoms with Crippen molar-refractivity contribution < 1.29 is 14.4 Å². The van der Waals surface area contributed by atoms with Crippen LogP contribution in [-0.4, -0.2) is 33.6 Å². The Kier molecular flexibility index (Phi) is 4.23. The third-order valence-corrected chi connectivity index (χ3v) is 4.50. The SMILES string of the molecule is C[C@H](C(=O)NCc1cccnc1)N1C(=O)[C@H]2CC=CC[C@H]2C1=O. The second-order valence-corrected chi connectivity index (χ2v) is 5.96. The Morgan fingerprint density at radius 2 is 1.96 bits per heavy atom. The normalized spacial score (nSPS) is 24.5. The number of rotatable bonds is 4. The molecule has 1 aromatic rings. The van der Waals surface area contributed by atoms with Gasteiger partial charge in [0.25, 0.3) is 0 Å². The molecule has 3 atom stereocenters. The molecule has 0 aromatic carbocycles. The topological polar surface area (TPSA) is 79.4 Å². The summed E-state index contributed by atoms with van der Waals surface area (Å²) in [5.74, 6) is -1.40. The van der Waals surface area contributed by atoms with Crippen LogP contribution in [0.2, 0.25) is 0 Å². The molecular weight excluding hydrogens is 294 g/mol. The van der Waals surface area contributed by atoms with E-state index in [1.165, 1.54) is 0 Å². The zero-order chi connectivity index (χ0) is 16.4. The largest absolute Gasteiger partial charge is 0.350 e. The first-order chi connectivity index (χ1) is 11.1. The monoisotopic (exact) mass is 313 g/mol. The van der Waals surface area contributed by atoms with Crippen LogP contribution in [0.15, 0.2) is 36.7 Å². The zero-order valence-corrected chi connectivity index (χ0v) is 12.9. The van der Waals surface area contributed by atoms with Crippen LogP contribution < -0.4 is 5.32 Å². The number of nitrogens with zero attached hydrogens (tertiary/aromatic N) is 2. The van der Waals surface area contributed by atoms with Crippen LogP contribution in [0.4, 0.5) is 0 Å². The molecule has 0 saturated carbocycles. The molecule has 1 fully saturated rings. The van der Waals surface area contributed by atoms with E-state index in [4.69, 9.17) is 0 Å². The van der Waals surface area contributed by atoms with Crippen LogP contribution in [-0.2, 0) is 20.9 Å². The number of amides is 3. The minimum absolute atomic E-state index is 0.228. The average molecular weight is 313 g/mol. The van der Waals surface area contributed by atoms with Gasteiger partial charge in [-0.2, -0.15) is 0 Å². The predicted octanol–water partition coefficient (Wildman–Crippen LogP) is 1.04. The Bertz CT molecular complexity index is 630. The summed E-state index contributed by atoms with van der Waals surface area (Å²) in [5.41, 5.74) is 0.866. The number of allylic oxidation sites excluding steroid dienone is 2. The van der Waals surface area contributed by atoms with Gasteiger partial charge in [0.05, 0.1) is 11.8 Å². The summed E-state index contributed by atoms with van der Waals surface area (Å²) in [5, 5.41) is 2.76. The van der Waals surface area contributed by atoms with E-state index in [1.54, 1.807) is 25.4 Å². The Balaban J connectivity index is 1.65. The van der Waals surface area contributed by atoms with E-state index in [2.05, 4.69) is 10.3 Å². The molecule has 0 unspecified atom stereocenters. The van der Waals surface area contributed by atoms with E-state index in [1.807, 2.05) is 18.2 Å². The van der Waals surface area contributed by atoms with Gasteiger partial charge >= 0.3 is 0 Å². The lowest BCUT2D eigenvalue weighted by Crippen LogP contribution is -2.48. The minimum atomic E-state index is -0.794. The first-order valence-corrected chi connectivity index (χ1v) is 7.78. The van der Waals surface area contributed by atoms with E-state index in [-0.39, 0.29) is 29.6 Å². The van der Waals surface area contributed by atoms with Crippen LogP contribution in [0.1, 0.15) is 25.3 Å². The molecule has 1 aliphatic carbocycles. The van der Waals surface area contributed by atoms with E-state index < -0.39 is 6.04 Å². The van der Waals surface area contributed by atoms with Gasteiger partial charge in [-0.05, 0) is 31.4 Å². The van der Waals surface area contributed by atoms with Crippen molar-refractivity contribution >= 4 is 17.7 Å². The fraction of sp³-hybridized carbons (Fsp3) is 0.412. The number of imide groups is 1. The number of hydrogen-bond donors (Lipinski definition) is 1. The molecular formula is C17H19N3O3. The fourth-order valence-electron chi connectivity index (χ4n) is 3.16. The Labute approximate surface area is 134 Å². The maximum Gasteiger partial charge on any atom is 0.243 e. The molecule has 3 amide bonds. The molecule has 0 bridgehead atoms. The number of carbonyl (C=O) groups excluding carboxylic acids is 3. The van der Waals surface area contributed by atoms with Crippen molar-refractivity contribution in [3.8, 4) is 0 Å². The van der Waals surface area contributed by atoms with Crippen LogP contribution >= 0.6 is 0 Å². The fourth-order valence-corrected chi connectivity index (χ4v) is 3.16. The molecule has 3 rings (SSSR count). The van der Waals surface area contributed by atoms with E-state index in [9.17, 15) is 14.4 Å². The number of carbonyl (C=O) groups is 3. The van der Waals surface area contributed by atoms with Gasteiger partial charge in [0.1, 0.15) is 6.04 Å². The van der Waals surface area contributed by atoms with Crippen LogP contribution in [0, 0.1) is 11.8 Å². The van der Waals surface area contributed by atoms with Gasteiger partial charge in [0.2, 0.25) is 17.7 Å². The molecule has 23 heavy (non-hydrogen) atoms. The van der Waals surface area contributed by atoms with Gasteiger partial charge < -0.3 is 5.32 Å². The van der Waals surface area contributed by atoms with Gasteiger partial charge in [-0.25, -0.2) is 0 Å². The second kappa shape index (κ2) is 6.32. The standard InChI is InChI=1S/C17H19N3O3/c1-11(15(21)19-10-12-5-4-8-18-9-12)20-16(22)13-6-2-3-7-14(13)17(20)23/h2-5,8-9,11,13-14H,6-7,10H2,1H3,(H,19,21)/t11-,13-,14+/m1/s1. The maximum atomic E-state index is 12.5. The lowest BCUT2D eigenvalue weighted by atomic mass is 9.85. The summed E-state index contributed by atoms with van der Waals surface area (Å²) in [6.07, 6.45) is 8.35. The molecule has 1 aromatic heterocycles. The summed E-state index contributed by atoms with van der Waals surface area (Å²) < 4.78 is 0. The van der Waals surface area contributed by atoms with Crippen molar-refractivity contribution in [3.63, 3.8) is 0 Å². The molecule has 1 N–H and O–H groups in total.